The molecule has 0 unspecified atom stereocenters. The minimum atomic E-state index is -0.873. The Balaban J connectivity index is 1.54. The van der Waals surface area contributed by atoms with Crippen molar-refractivity contribution in [2.24, 2.45) is 0 Å². The van der Waals surface area contributed by atoms with Gasteiger partial charge in [0.25, 0.3) is 0 Å². The number of carbonyl (C=O) groups excluding carboxylic acids is 2. The predicted molar refractivity (Wildman–Crippen MR) is 133 cm³/mol. The zero-order valence-electron chi connectivity index (χ0n) is 19.1. The van der Waals surface area contributed by atoms with Crippen LogP contribution in [0.15, 0.2) is 48.5 Å². The molecule has 1 aromatic rings. The first kappa shape index (κ1) is 24.3. The number of cyclic esters (lactones) is 1. The Morgan fingerprint density at radius 3 is 2.54 bits per heavy atom. The second kappa shape index (κ2) is 10.2. The quantitative estimate of drug-likeness (QED) is 0.339. The van der Waals surface area contributed by atoms with Crippen LogP contribution in [0.4, 0.5) is 30.6 Å². The van der Waals surface area contributed by atoms with Crippen LogP contribution in [0, 0.1) is 11.6 Å². The average Bonchev–Trinajstić information content (AvgIpc) is 3.33. The zero-order valence-corrected chi connectivity index (χ0v) is 19.9. The molecular formula is C25H23F2N3O4S. The first-order chi connectivity index (χ1) is 16.8. The molecule has 2 aliphatic carbocycles. The van der Waals surface area contributed by atoms with Gasteiger partial charge in [-0.15, -0.1) is 0 Å². The third-order valence-electron chi connectivity index (χ3n) is 5.46. The Kier molecular flexibility index (Phi) is 7.11. The van der Waals surface area contributed by atoms with Crippen molar-refractivity contribution in [1.82, 2.24) is 5.32 Å². The summed E-state index contributed by atoms with van der Waals surface area (Å²) < 4.78 is 40.2. The highest BCUT2D eigenvalue weighted by atomic mass is 32.1. The number of esters is 1. The monoisotopic (exact) mass is 499 g/mol. The van der Waals surface area contributed by atoms with Crippen LogP contribution >= 0.6 is 12.2 Å². The second-order valence-corrected chi connectivity index (χ2v) is 8.53. The molecule has 1 aromatic carbocycles. The van der Waals surface area contributed by atoms with E-state index in [1.54, 1.807) is 50.2 Å². The van der Waals surface area contributed by atoms with Crippen LogP contribution in [0.25, 0.3) is 11.1 Å². The van der Waals surface area contributed by atoms with E-state index >= 15 is 0 Å². The molecule has 0 radical (unpaired) electrons. The summed E-state index contributed by atoms with van der Waals surface area (Å²) in [4.78, 5) is 26.1. The van der Waals surface area contributed by atoms with Gasteiger partial charge in [0.05, 0.1) is 35.9 Å². The van der Waals surface area contributed by atoms with Crippen molar-refractivity contribution in [1.29, 1.82) is 0 Å². The van der Waals surface area contributed by atoms with Gasteiger partial charge < -0.3 is 20.1 Å². The standard InChI is InChI=1S/C25H23F2N3O4S/c1-3-33-24(31)20-8-5-15-4-6-16(7-9-19(15)20)29-23-21(26)10-17(11-22(23)27)30-13-18(34-25(30)32)12-28-14(2)35/h4-11,18,29H,3,12-13H2,1-2H3,(H,28,35)/t18-/m0/s1. The Hall–Kier alpha value is -3.79. The molecule has 35 heavy (non-hydrogen) atoms. The second-order valence-electron chi connectivity index (χ2n) is 7.92. The lowest BCUT2D eigenvalue weighted by Crippen LogP contribution is -2.32. The van der Waals surface area contributed by atoms with Crippen LogP contribution in [-0.4, -0.2) is 42.9 Å². The molecule has 1 heterocycles. The maximum Gasteiger partial charge on any atom is 0.414 e. The van der Waals surface area contributed by atoms with Gasteiger partial charge >= 0.3 is 12.1 Å². The van der Waals surface area contributed by atoms with Crippen LogP contribution in [-0.2, 0) is 9.47 Å². The third-order valence-corrected chi connectivity index (χ3v) is 5.60. The van der Waals surface area contributed by atoms with Gasteiger partial charge in [-0.3, -0.25) is 4.90 Å². The molecule has 1 aliphatic heterocycles. The highest BCUT2D eigenvalue weighted by Gasteiger charge is 2.33. The lowest BCUT2D eigenvalue weighted by Gasteiger charge is -2.16. The number of nitrogens with one attached hydrogen (secondary N) is 2. The van der Waals surface area contributed by atoms with Crippen molar-refractivity contribution in [3.8, 4) is 11.1 Å². The summed E-state index contributed by atoms with van der Waals surface area (Å²) in [5, 5.41) is 5.66. The van der Waals surface area contributed by atoms with Gasteiger partial charge in [-0.2, -0.15) is 0 Å². The molecule has 2 N–H and O–H groups in total. The fraction of sp³-hybridized carbons (Fsp3) is 0.240. The summed E-state index contributed by atoms with van der Waals surface area (Å²) in [6, 6.07) is 12.3. The number of nitrogens with zero attached hydrogens (tertiary/aromatic N) is 1. The molecule has 0 saturated carbocycles. The first-order valence-corrected chi connectivity index (χ1v) is 11.4. The van der Waals surface area contributed by atoms with Gasteiger partial charge in [-0.1, -0.05) is 30.4 Å². The molecule has 4 rings (SSSR count). The van der Waals surface area contributed by atoms with Crippen molar-refractivity contribution in [2.75, 3.05) is 29.9 Å². The summed E-state index contributed by atoms with van der Waals surface area (Å²) in [6.45, 7) is 4.12. The van der Waals surface area contributed by atoms with E-state index in [2.05, 4.69) is 10.6 Å². The fourth-order valence-electron chi connectivity index (χ4n) is 3.79. The van der Waals surface area contributed by atoms with E-state index in [-0.39, 0.29) is 24.5 Å². The molecule has 10 heteroatoms. The molecule has 0 spiro atoms. The lowest BCUT2D eigenvalue weighted by atomic mass is 10.1. The van der Waals surface area contributed by atoms with Gasteiger partial charge in [-0.05, 0) is 43.2 Å². The number of anilines is 3. The summed E-state index contributed by atoms with van der Waals surface area (Å²) >= 11 is 4.95. The molecular weight excluding hydrogens is 476 g/mol. The zero-order chi connectivity index (χ0) is 25.1. The van der Waals surface area contributed by atoms with Gasteiger partial charge in [0, 0.05) is 17.8 Å². The SMILES string of the molecule is CCOC(=O)c1ccc2ccc(Nc3c(F)cc(N4C[C@H](CNC(C)=S)OC4=O)cc3F)ccc1-2. The van der Waals surface area contributed by atoms with Gasteiger partial charge in [-0.25, -0.2) is 18.4 Å². The molecule has 1 saturated heterocycles. The molecule has 1 fully saturated rings. The van der Waals surface area contributed by atoms with Crippen LogP contribution in [0.2, 0.25) is 0 Å². The van der Waals surface area contributed by atoms with Crippen molar-refractivity contribution in [3.63, 3.8) is 0 Å². The minimum Gasteiger partial charge on any atom is -0.462 e. The molecule has 7 nitrogen and oxygen atoms in total. The Morgan fingerprint density at radius 1 is 1.17 bits per heavy atom. The highest BCUT2D eigenvalue weighted by molar-refractivity contribution is 7.80. The van der Waals surface area contributed by atoms with E-state index in [1.807, 2.05) is 0 Å². The van der Waals surface area contributed by atoms with Crippen LogP contribution in [0.3, 0.4) is 0 Å². The van der Waals surface area contributed by atoms with E-state index in [0.717, 1.165) is 17.7 Å². The molecule has 0 aromatic heterocycles. The largest absolute Gasteiger partial charge is 0.462 e. The number of ether oxygens (including phenoxy) is 2. The molecule has 3 aliphatic rings. The summed E-state index contributed by atoms with van der Waals surface area (Å²) in [7, 11) is 0. The normalized spacial score (nSPS) is 15.1. The van der Waals surface area contributed by atoms with E-state index in [0.29, 0.717) is 28.3 Å². The van der Waals surface area contributed by atoms with Crippen molar-refractivity contribution in [2.45, 2.75) is 20.0 Å². The maximum absolute atomic E-state index is 14.9. The van der Waals surface area contributed by atoms with Crippen LogP contribution in [0.1, 0.15) is 24.2 Å². The molecule has 182 valence electrons. The fourth-order valence-corrected chi connectivity index (χ4v) is 3.88. The number of rotatable bonds is 7. The van der Waals surface area contributed by atoms with E-state index in [1.165, 1.54) is 4.90 Å². The van der Waals surface area contributed by atoms with Gasteiger partial charge in [0.2, 0.25) is 0 Å². The maximum atomic E-state index is 14.9. The third kappa shape index (κ3) is 5.32. The average molecular weight is 500 g/mol. The number of benzene rings is 1. The number of amides is 1. The minimum absolute atomic E-state index is 0.0496. The predicted octanol–water partition coefficient (Wildman–Crippen LogP) is 5.25. The van der Waals surface area contributed by atoms with Gasteiger partial charge in [0.1, 0.15) is 11.8 Å². The van der Waals surface area contributed by atoms with E-state index in [4.69, 9.17) is 21.7 Å². The number of fused-ring (bicyclic) bond motifs is 1. The van der Waals surface area contributed by atoms with E-state index in [9.17, 15) is 18.4 Å². The first-order valence-electron chi connectivity index (χ1n) is 11.0. The summed E-state index contributed by atoms with van der Waals surface area (Å²) in [6.07, 6.45) is -1.19. The Morgan fingerprint density at radius 2 is 1.86 bits per heavy atom. The number of halogens is 2. The number of thiocarbonyl (C=S) groups is 1. The number of carbonyl (C=O) groups is 2. The van der Waals surface area contributed by atoms with Crippen molar-refractivity contribution < 1.29 is 27.8 Å². The topological polar surface area (TPSA) is 79.9 Å². The lowest BCUT2D eigenvalue weighted by molar-refractivity contribution is 0.0527. The highest BCUT2D eigenvalue weighted by Crippen LogP contribution is 2.33. The van der Waals surface area contributed by atoms with Crippen LogP contribution < -0.4 is 15.5 Å². The summed E-state index contributed by atoms with van der Waals surface area (Å²) in [5.41, 5.74) is 1.94. The Bertz CT molecular complexity index is 1250. The Labute approximate surface area is 206 Å². The van der Waals surface area contributed by atoms with Crippen molar-refractivity contribution >= 4 is 46.3 Å². The van der Waals surface area contributed by atoms with Crippen LogP contribution in [0.5, 0.6) is 0 Å². The number of hydrogen-bond donors (Lipinski definition) is 2. The summed E-state index contributed by atoms with van der Waals surface area (Å²) in [5.74, 6) is -2.18. The number of hydrogen-bond acceptors (Lipinski definition) is 6. The van der Waals surface area contributed by atoms with Gasteiger partial charge in [0.15, 0.2) is 11.6 Å². The smallest absolute Gasteiger partial charge is 0.414 e. The van der Waals surface area contributed by atoms with E-state index < -0.39 is 29.8 Å². The molecule has 0 bridgehead atoms. The van der Waals surface area contributed by atoms with Crippen molar-refractivity contribution in [3.05, 3.63) is 65.7 Å². The molecule has 1 amide bonds. The molecule has 1 atom stereocenters.